The van der Waals surface area contributed by atoms with Gasteiger partial charge in [-0.05, 0) is 46.0 Å². The summed E-state index contributed by atoms with van der Waals surface area (Å²) in [7, 11) is 0. The number of halogens is 1. The molecule has 0 unspecified atom stereocenters. The highest BCUT2D eigenvalue weighted by molar-refractivity contribution is 9.10. The zero-order chi connectivity index (χ0) is 13.1. The molecule has 1 rings (SSSR count). The molecule has 0 aliphatic rings. The van der Waals surface area contributed by atoms with E-state index in [-0.39, 0.29) is 11.0 Å². The van der Waals surface area contributed by atoms with Gasteiger partial charge in [-0.2, -0.15) is 0 Å². The number of hydrogen-bond donors (Lipinski definition) is 1. The molecule has 0 bridgehead atoms. The number of carbonyl (C=O) groups is 1. The maximum atomic E-state index is 10.9. The summed E-state index contributed by atoms with van der Waals surface area (Å²) >= 11 is 3.19. The molecule has 4 heteroatoms. The van der Waals surface area contributed by atoms with Gasteiger partial charge in [0.25, 0.3) is 0 Å². The molecule has 3 nitrogen and oxygen atoms in total. The van der Waals surface area contributed by atoms with Crippen molar-refractivity contribution in [1.82, 2.24) is 0 Å². The summed E-state index contributed by atoms with van der Waals surface area (Å²) in [4.78, 5) is 10.9. The molecular formula is C13H17BrO3. The van der Waals surface area contributed by atoms with Crippen molar-refractivity contribution in [2.75, 3.05) is 6.61 Å². The zero-order valence-electron chi connectivity index (χ0n) is 10.3. The molecule has 0 aliphatic carbocycles. The van der Waals surface area contributed by atoms with Gasteiger partial charge >= 0.3 is 5.97 Å². The molecule has 0 atom stereocenters. The van der Waals surface area contributed by atoms with Gasteiger partial charge in [0, 0.05) is 4.47 Å². The van der Waals surface area contributed by atoms with Crippen LogP contribution in [0, 0.1) is 5.41 Å². The maximum Gasteiger partial charge on any atom is 0.336 e. The lowest BCUT2D eigenvalue weighted by Crippen LogP contribution is -2.11. The Labute approximate surface area is 110 Å². The van der Waals surface area contributed by atoms with Crippen molar-refractivity contribution in [3.8, 4) is 5.75 Å². The second-order valence-corrected chi connectivity index (χ2v) is 5.96. The van der Waals surface area contributed by atoms with Gasteiger partial charge in [0.1, 0.15) is 5.75 Å². The van der Waals surface area contributed by atoms with Crippen LogP contribution in [0.15, 0.2) is 22.7 Å². The number of hydrogen-bond acceptors (Lipinski definition) is 2. The summed E-state index contributed by atoms with van der Waals surface area (Å²) in [5, 5.41) is 8.96. The Hall–Kier alpha value is -1.03. The van der Waals surface area contributed by atoms with Gasteiger partial charge in [-0.1, -0.05) is 20.8 Å². The van der Waals surface area contributed by atoms with Crippen LogP contribution in [0.3, 0.4) is 0 Å². The minimum atomic E-state index is -0.960. The van der Waals surface area contributed by atoms with Gasteiger partial charge in [0.05, 0.1) is 12.2 Å². The summed E-state index contributed by atoms with van der Waals surface area (Å²) in [6, 6.07) is 4.99. The molecule has 0 heterocycles. The number of ether oxygens (including phenoxy) is 1. The number of carboxylic acid groups (broad SMARTS) is 1. The Morgan fingerprint density at radius 1 is 1.41 bits per heavy atom. The number of aromatic carboxylic acids is 1. The van der Waals surface area contributed by atoms with E-state index >= 15 is 0 Å². The average Bonchev–Trinajstić information content (AvgIpc) is 2.18. The lowest BCUT2D eigenvalue weighted by Gasteiger charge is -2.18. The summed E-state index contributed by atoms with van der Waals surface area (Å²) < 4.78 is 6.11. The Morgan fingerprint density at radius 3 is 2.59 bits per heavy atom. The molecule has 1 aromatic rings. The van der Waals surface area contributed by atoms with E-state index < -0.39 is 5.97 Å². The van der Waals surface area contributed by atoms with Gasteiger partial charge < -0.3 is 9.84 Å². The van der Waals surface area contributed by atoms with Crippen LogP contribution in [-0.4, -0.2) is 17.7 Å². The third-order valence-corrected chi connectivity index (χ3v) is 2.98. The highest BCUT2D eigenvalue weighted by atomic mass is 79.9. The standard InChI is InChI=1S/C13H17BrO3/c1-13(2,3)6-7-17-9-4-5-11(14)10(8-9)12(15)16/h4-5,8H,6-7H2,1-3H3,(H,15,16). The van der Waals surface area contributed by atoms with E-state index in [0.29, 0.717) is 16.8 Å². The SMILES string of the molecule is CC(C)(C)CCOc1ccc(Br)c(C(=O)O)c1. The monoisotopic (exact) mass is 300 g/mol. The van der Waals surface area contributed by atoms with Crippen LogP contribution in [0.5, 0.6) is 5.75 Å². The van der Waals surface area contributed by atoms with Crippen molar-refractivity contribution >= 4 is 21.9 Å². The van der Waals surface area contributed by atoms with Crippen LogP contribution >= 0.6 is 15.9 Å². The molecule has 0 aliphatic heterocycles. The van der Waals surface area contributed by atoms with Crippen molar-refractivity contribution < 1.29 is 14.6 Å². The van der Waals surface area contributed by atoms with Crippen LogP contribution in [0.25, 0.3) is 0 Å². The first-order valence-corrected chi connectivity index (χ1v) is 6.24. The predicted molar refractivity (Wildman–Crippen MR) is 70.7 cm³/mol. The van der Waals surface area contributed by atoms with Crippen LogP contribution in [-0.2, 0) is 0 Å². The third kappa shape index (κ3) is 4.77. The van der Waals surface area contributed by atoms with E-state index in [1.165, 1.54) is 6.07 Å². The minimum Gasteiger partial charge on any atom is -0.494 e. The Balaban J connectivity index is 2.67. The third-order valence-electron chi connectivity index (χ3n) is 2.29. The van der Waals surface area contributed by atoms with Gasteiger partial charge in [-0.25, -0.2) is 4.79 Å². The lowest BCUT2D eigenvalue weighted by molar-refractivity contribution is 0.0695. The molecular weight excluding hydrogens is 284 g/mol. The molecule has 0 fully saturated rings. The van der Waals surface area contributed by atoms with E-state index in [2.05, 4.69) is 36.7 Å². The van der Waals surface area contributed by atoms with E-state index in [4.69, 9.17) is 9.84 Å². The van der Waals surface area contributed by atoms with Crippen molar-refractivity contribution in [3.63, 3.8) is 0 Å². The quantitative estimate of drug-likeness (QED) is 0.915. The second kappa shape index (κ2) is 5.54. The van der Waals surface area contributed by atoms with Crippen molar-refractivity contribution in [2.24, 2.45) is 5.41 Å². The number of rotatable bonds is 4. The highest BCUT2D eigenvalue weighted by Gasteiger charge is 2.12. The largest absolute Gasteiger partial charge is 0.494 e. The predicted octanol–water partition coefficient (Wildman–Crippen LogP) is 3.96. The number of benzene rings is 1. The lowest BCUT2D eigenvalue weighted by atomic mass is 9.93. The normalized spacial score (nSPS) is 11.3. The fourth-order valence-corrected chi connectivity index (χ4v) is 1.65. The topological polar surface area (TPSA) is 46.5 Å². The first-order chi connectivity index (χ1) is 7.79. The molecule has 0 saturated carbocycles. The second-order valence-electron chi connectivity index (χ2n) is 5.11. The van der Waals surface area contributed by atoms with E-state index in [9.17, 15) is 4.79 Å². The molecule has 0 spiro atoms. The van der Waals surface area contributed by atoms with Crippen LogP contribution in [0.2, 0.25) is 0 Å². The molecule has 17 heavy (non-hydrogen) atoms. The van der Waals surface area contributed by atoms with Gasteiger partial charge in [-0.3, -0.25) is 0 Å². The maximum absolute atomic E-state index is 10.9. The molecule has 0 saturated heterocycles. The Kier molecular flexibility index (Phi) is 4.57. The first kappa shape index (κ1) is 14.0. The molecule has 1 aromatic carbocycles. The van der Waals surface area contributed by atoms with Gasteiger partial charge in [0.15, 0.2) is 0 Å². The molecule has 0 aromatic heterocycles. The van der Waals surface area contributed by atoms with Crippen molar-refractivity contribution in [1.29, 1.82) is 0 Å². The fraction of sp³-hybridized carbons (Fsp3) is 0.462. The Morgan fingerprint density at radius 2 is 2.06 bits per heavy atom. The van der Waals surface area contributed by atoms with Gasteiger partial charge in [-0.15, -0.1) is 0 Å². The average molecular weight is 301 g/mol. The van der Waals surface area contributed by atoms with Crippen LogP contribution < -0.4 is 4.74 Å². The first-order valence-electron chi connectivity index (χ1n) is 5.45. The number of carboxylic acids is 1. The molecule has 0 amide bonds. The zero-order valence-corrected chi connectivity index (χ0v) is 11.9. The van der Waals surface area contributed by atoms with Crippen molar-refractivity contribution in [3.05, 3.63) is 28.2 Å². The molecule has 1 N–H and O–H groups in total. The summed E-state index contributed by atoms with van der Waals surface area (Å²) in [6.07, 6.45) is 0.922. The molecule has 94 valence electrons. The van der Waals surface area contributed by atoms with E-state index in [0.717, 1.165) is 6.42 Å². The van der Waals surface area contributed by atoms with Crippen molar-refractivity contribution in [2.45, 2.75) is 27.2 Å². The van der Waals surface area contributed by atoms with Gasteiger partial charge in [0.2, 0.25) is 0 Å². The van der Waals surface area contributed by atoms with Crippen LogP contribution in [0.4, 0.5) is 0 Å². The summed E-state index contributed by atoms with van der Waals surface area (Å²) in [5.74, 6) is -0.368. The van der Waals surface area contributed by atoms with E-state index in [1.54, 1.807) is 12.1 Å². The highest BCUT2D eigenvalue weighted by Crippen LogP contribution is 2.24. The van der Waals surface area contributed by atoms with Crippen LogP contribution in [0.1, 0.15) is 37.6 Å². The fourth-order valence-electron chi connectivity index (χ4n) is 1.23. The Bertz CT molecular complexity index is 408. The van der Waals surface area contributed by atoms with E-state index in [1.807, 2.05) is 0 Å². The summed E-state index contributed by atoms with van der Waals surface area (Å²) in [6.45, 7) is 7.01. The minimum absolute atomic E-state index is 0.213. The molecule has 0 radical (unpaired) electrons. The summed E-state index contributed by atoms with van der Waals surface area (Å²) in [5.41, 5.74) is 0.434. The smallest absolute Gasteiger partial charge is 0.336 e.